The third kappa shape index (κ3) is 2.66. The summed E-state index contributed by atoms with van der Waals surface area (Å²) in [6, 6.07) is 0. The number of thioether (sulfide) groups is 1. The molecule has 90 valence electrons. The van der Waals surface area contributed by atoms with E-state index in [1.54, 1.807) is 0 Å². The van der Waals surface area contributed by atoms with Crippen LogP contribution in [-0.4, -0.2) is 31.1 Å². The maximum Gasteiger partial charge on any atom is 0.343 e. The molecule has 1 rings (SSSR count). The molecule has 0 fully saturated rings. The molecule has 0 radical (unpaired) electrons. The molecule has 6 nitrogen and oxygen atoms in total. The largest absolute Gasteiger partial charge is 0.480 e. The molecule has 0 aliphatic rings. The predicted octanol–water partition coefficient (Wildman–Crippen LogP) is 0.793. The van der Waals surface area contributed by atoms with E-state index in [1.807, 2.05) is 20.8 Å². The van der Waals surface area contributed by atoms with Gasteiger partial charge in [0, 0.05) is 6.54 Å². The van der Waals surface area contributed by atoms with Gasteiger partial charge in [0.05, 0.1) is 0 Å². The fourth-order valence-corrected chi connectivity index (χ4v) is 2.29. The van der Waals surface area contributed by atoms with Crippen molar-refractivity contribution in [3.8, 4) is 0 Å². The average molecular weight is 245 g/mol. The molecule has 0 aliphatic carbocycles. The Morgan fingerprint density at radius 3 is 2.69 bits per heavy atom. The van der Waals surface area contributed by atoms with Crippen LogP contribution in [0.3, 0.4) is 0 Å². The fraction of sp³-hybridized carbons (Fsp3) is 0.667. The number of hydrogen-bond acceptors (Lipinski definition) is 4. The van der Waals surface area contributed by atoms with Crippen molar-refractivity contribution in [3.63, 3.8) is 0 Å². The lowest BCUT2D eigenvalue weighted by Crippen LogP contribution is -2.24. The van der Waals surface area contributed by atoms with Gasteiger partial charge in [-0.05, 0) is 12.8 Å². The molecule has 0 aliphatic heterocycles. The molecule has 7 heteroatoms. The molecule has 0 bridgehead atoms. The van der Waals surface area contributed by atoms with Gasteiger partial charge in [-0.3, -0.25) is 9.36 Å². The summed E-state index contributed by atoms with van der Waals surface area (Å²) in [4.78, 5) is 22.3. The number of carbonyl (C=O) groups is 1. The molecule has 0 amide bonds. The van der Waals surface area contributed by atoms with Gasteiger partial charge in [-0.25, -0.2) is 9.89 Å². The second-order valence-electron chi connectivity index (χ2n) is 3.68. The third-order valence-electron chi connectivity index (χ3n) is 2.12. The molecule has 1 unspecified atom stereocenters. The van der Waals surface area contributed by atoms with Crippen LogP contribution in [-0.2, 0) is 11.3 Å². The average Bonchev–Trinajstić information content (AvgIpc) is 2.54. The summed E-state index contributed by atoms with van der Waals surface area (Å²) >= 11 is 1.10. The Morgan fingerprint density at radius 2 is 2.25 bits per heavy atom. The van der Waals surface area contributed by atoms with E-state index in [-0.39, 0.29) is 11.6 Å². The summed E-state index contributed by atoms with van der Waals surface area (Å²) < 4.78 is 1.42. The normalized spacial score (nSPS) is 13.0. The Labute approximate surface area is 97.1 Å². The highest BCUT2D eigenvalue weighted by Crippen LogP contribution is 2.25. The van der Waals surface area contributed by atoms with E-state index in [2.05, 4.69) is 10.2 Å². The van der Waals surface area contributed by atoms with Crippen LogP contribution in [0.25, 0.3) is 0 Å². The van der Waals surface area contributed by atoms with Gasteiger partial charge in [0.1, 0.15) is 5.25 Å². The number of aliphatic carboxylic acids is 1. The quantitative estimate of drug-likeness (QED) is 0.749. The summed E-state index contributed by atoms with van der Waals surface area (Å²) in [6.07, 6.45) is 0. The fourth-order valence-electron chi connectivity index (χ4n) is 1.26. The molecular formula is C9H15N3O3S. The van der Waals surface area contributed by atoms with Crippen LogP contribution in [0, 0.1) is 5.92 Å². The van der Waals surface area contributed by atoms with Gasteiger partial charge in [-0.2, -0.15) is 0 Å². The van der Waals surface area contributed by atoms with Crippen LogP contribution in [0.15, 0.2) is 9.95 Å². The van der Waals surface area contributed by atoms with Crippen LogP contribution >= 0.6 is 11.8 Å². The van der Waals surface area contributed by atoms with Crippen molar-refractivity contribution in [1.29, 1.82) is 0 Å². The molecule has 0 aromatic carbocycles. The molecule has 1 heterocycles. The second kappa shape index (κ2) is 5.20. The first-order valence-corrected chi connectivity index (χ1v) is 5.90. The van der Waals surface area contributed by atoms with Crippen LogP contribution in [0.5, 0.6) is 0 Å². The van der Waals surface area contributed by atoms with E-state index < -0.39 is 11.2 Å². The predicted molar refractivity (Wildman–Crippen MR) is 60.6 cm³/mol. The molecule has 16 heavy (non-hydrogen) atoms. The summed E-state index contributed by atoms with van der Waals surface area (Å²) in [5.74, 6) is -0.919. The Hall–Kier alpha value is -1.24. The van der Waals surface area contributed by atoms with E-state index in [1.165, 1.54) is 4.57 Å². The second-order valence-corrected chi connectivity index (χ2v) is 4.79. The minimum atomic E-state index is -0.891. The molecule has 0 spiro atoms. The van der Waals surface area contributed by atoms with Gasteiger partial charge in [-0.15, -0.1) is 5.10 Å². The number of nitrogens with zero attached hydrogens (tertiary/aromatic N) is 2. The Balaban J connectivity index is 2.94. The lowest BCUT2D eigenvalue weighted by molar-refractivity contribution is -0.137. The first-order chi connectivity index (χ1) is 7.47. The summed E-state index contributed by atoms with van der Waals surface area (Å²) in [5.41, 5.74) is -0.308. The number of carboxylic acid groups (broad SMARTS) is 1. The van der Waals surface area contributed by atoms with Crippen LogP contribution < -0.4 is 5.69 Å². The lowest BCUT2D eigenvalue weighted by Gasteiger charge is -2.14. The highest BCUT2D eigenvalue weighted by atomic mass is 32.2. The molecule has 2 N–H and O–H groups in total. The van der Waals surface area contributed by atoms with Crippen LogP contribution in [0.2, 0.25) is 0 Å². The summed E-state index contributed by atoms with van der Waals surface area (Å²) in [7, 11) is 0. The van der Waals surface area contributed by atoms with Gasteiger partial charge in [0.2, 0.25) is 0 Å². The highest BCUT2D eigenvalue weighted by Gasteiger charge is 2.25. The smallest absolute Gasteiger partial charge is 0.343 e. The van der Waals surface area contributed by atoms with Gasteiger partial charge in [0.25, 0.3) is 0 Å². The number of carboxylic acids is 1. The maximum absolute atomic E-state index is 11.3. The lowest BCUT2D eigenvalue weighted by atomic mass is 10.1. The van der Waals surface area contributed by atoms with Crippen molar-refractivity contribution >= 4 is 17.7 Å². The Bertz CT molecular complexity index is 424. The molecule has 1 aromatic heterocycles. The number of hydrogen-bond donors (Lipinski definition) is 2. The maximum atomic E-state index is 11.3. The summed E-state index contributed by atoms with van der Waals surface area (Å²) in [5, 5.41) is 15.0. The first kappa shape index (κ1) is 12.8. The topological polar surface area (TPSA) is 88.0 Å². The van der Waals surface area contributed by atoms with E-state index >= 15 is 0 Å². The van der Waals surface area contributed by atoms with Gasteiger partial charge in [0.15, 0.2) is 5.16 Å². The Morgan fingerprint density at radius 1 is 1.62 bits per heavy atom. The summed E-state index contributed by atoms with van der Waals surface area (Å²) in [6.45, 7) is 5.94. The minimum absolute atomic E-state index is 0.0281. The van der Waals surface area contributed by atoms with Crippen molar-refractivity contribution in [2.75, 3.05) is 0 Å². The van der Waals surface area contributed by atoms with Gasteiger partial charge >= 0.3 is 11.7 Å². The van der Waals surface area contributed by atoms with Gasteiger partial charge in [-0.1, -0.05) is 25.6 Å². The number of aromatic nitrogens is 3. The van der Waals surface area contributed by atoms with Crippen molar-refractivity contribution in [2.24, 2.45) is 5.92 Å². The van der Waals surface area contributed by atoms with Crippen molar-refractivity contribution in [3.05, 3.63) is 10.5 Å². The van der Waals surface area contributed by atoms with Crippen LogP contribution in [0.1, 0.15) is 20.8 Å². The van der Waals surface area contributed by atoms with E-state index in [4.69, 9.17) is 5.11 Å². The molecule has 0 saturated carbocycles. The molecule has 1 atom stereocenters. The van der Waals surface area contributed by atoms with Crippen molar-refractivity contribution in [2.45, 2.75) is 37.7 Å². The zero-order chi connectivity index (χ0) is 12.3. The number of H-pyrrole nitrogens is 1. The first-order valence-electron chi connectivity index (χ1n) is 5.02. The third-order valence-corrected chi connectivity index (χ3v) is 3.64. The highest BCUT2D eigenvalue weighted by molar-refractivity contribution is 8.00. The molecule has 0 saturated heterocycles. The number of aromatic amines is 1. The number of rotatable bonds is 5. The number of nitrogens with one attached hydrogen (secondary N) is 1. The van der Waals surface area contributed by atoms with Gasteiger partial charge < -0.3 is 5.11 Å². The zero-order valence-electron chi connectivity index (χ0n) is 9.43. The van der Waals surface area contributed by atoms with Crippen molar-refractivity contribution < 1.29 is 9.90 Å². The zero-order valence-corrected chi connectivity index (χ0v) is 10.2. The molecular weight excluding hydrogens is 230 g/mol. The molecule has 1 aromatic rings. The van der Waals surface area contributed by atoms with E-state index in [0.29, 0.717) is 11.7 Å². The monoisotopic (exact) mass is 245 g/mol. The van der Waals surface area contributed by atoms with E-state index in [9.17, 15) is 9.59 Å². The Kier molecular flexibility index (Phi) is 4.17. The SMILES string of the molecule is CCn1c(SC(C(=O)O)C(C)C)n[nH]c1=O. The van der Waals surface area contributed by atoms with Crippen LogP contribution in [0.4, 0.5) is 0 Å². The van der Waals surface area contributed by atoms with Crippen molar-refractivity contribution in [1.82, 2.24) is 14.8 Å². The van der Waals surface area contributed by atoms with E-state index in [0.717, 1.165) is 11.8 Å². The minimum Gasteiger partial charge on any atom is -0.480 e. The standard InChI is InChI=1S/C9H15N3O3S/c1-4-12-8(15)10-11-9(12)16-6(5(2)3)7(13)14/h5-6H,4H2,1-3H3,(H,10,15)(H,13,14).